The number of halogens is 1. The van der Waals surface area contributed by atoms with Crippen molar-refractivity contribution in [2.24, 2.45) is 5.92 Å². The van der Waals surface area contributed by atoms with Crippen molar-refractivity contribution in [3.63, 3.8) is 0 Å². The van der Waals surface area contributed by atoms with Gasteiger partial charge in [-0.3, -0.25) is 0 Å². The van der Waals surface area contributed by atoms with Gasteiger partial charge in [-0.15, -0.1) is 0 Å². The van der Waals surface area contributed by atoms with Crippen LogP contribution in [-0.4, -0.2) is 0 Å². The standard InChI is InChI=1S/C17H25Br/c1-13-10-11-16(12-14(13)2)17(18)15-8-6-4-3-5-7-9-15/h10-12,15,17H,3-9H2,1-2H3. The van der Waals surface area contributed by atoms with Crippen molar-refractivity contribution < 1.29 is 0 Å². The van der Waals surface area contributed by atoms with Crippen molar-refractivity contribution in [2.75, 3.05) is 0 Å². The zero-order valence-corrected chi connectivity index (χ0v) is 13.3. The molecule has 0 aromatic heterocycles. The smallest absolute Gasteiger partial charge is 0.0423 e. The third-order valence-electron chi connectivity index (χ3n) is 4.41. The first-order valence-corrected chi connectivity index (χ1v) is 8.31. The van der Waals surface area contributed by atoms with Gasteiger partial charge in [-0.2, -0.15) is 0 Å². The van der Waals surface area contributed by atoms with Crippen LogP contribution < -0.4 is 0 Å². The molecule has 1 heteroatoms. The molecule has 1 aromatic carbocycles. The molecule has 0 aliphatic heterocycles. The van der Waals surface area contributed by atoms with Gasteiger partial charge in [0.25, 0.3) is 0 Å². The zero-order valence-electron chi connectivity index (χ0n) is 11.7. The van der Waals surface area contributed by atoms with Crippen molar-refractivity contribution >= 4 is 15.9 Å². The molecular weight excluding hydrogens is 284 g/mol. The molecule has 1 fully saturated rings. The summed E-state index contributed by atoms with van der Waals surface area (Å²) in [6, 6.07) is 6.94. The molecule has 1 aromatic rings. The predicted octanol–water partition coefficient (Wildman–Crippen LogP) is 6.10. The Labute approximate surface area is 120 Å². The fourth-order valence-electron chi connectivity index (χ4n) is 2.99. The Balaban J connectivity index is 2.08. The fraction of sp³-hybridized carbons (Fsp3) is 0.647. The van der Waals surface area contributed by atoms with Crippen molar-refractivity contribution in [1.29, 1.82) is 0 Å². The van der Waals surface area contributed by atoms with Crippen molar-refractivity contribution in [3.8, 4) is 0 Å². The summed E-state index contributed by atoms with van der Waals surface area (Å²) in [6.07, 6.45) is 9.93. The maximum Gasteiger partial charge on any atom is 0.0423 e. The topological polar surface area (TPSA) is 0 Å². The van der Waals surface area contributed by atoms with Crippen molar-refractivity contribution in [1.82, 2.24) is 0 Å². The Morgan fingerprint density at radius 3 is 2.17 bits per heavy atom. The van der Waals surface area contributed by atoms with E-state index in [1.54, 1.807) is 0 Å². The second-order valence-electron chi connectivity index (χ2n) is 5.85. The van der Waals surface area contributed by atoms with E-state index >= 15 is 0 Å². The molecule has 0 spiro atoms. The third-order valence-corrected chi connectivity index (χ3v) is 5.69. The first kappa shape index (κ1) is 14.1. The van der Waals surface area contributed by atoms with E-state index < -0.39 is 0 Å². The SMILES string of the molecule is Cc1ccc(C(Br)C2CCCCCCC2)cc1C. The van der Waals surface area contributed by atoms with Crippen LogP contribution in [0.5, 0.6) is 0 Å². The van der Waals surface area contributed by atoms with Gasteiger partial charge in [-0.1, -0.05) is 66.2 Å². The molecule has 0 amide bonds. The number of rotatable bonds is 2. The van der Waals surface area contributed by atoms with E-state index in [0.29, 0.717) is 4.83 Å². The largest absolute Gasteiger partial charge is 0.0836 e. The molecule has 2 rings (SSSR count). The number of hydrogen-bond donors (Lipinski definition) is 0. The van der Waals surface area contributed by atoms with Crippen LogP contribution in [0.4, 0.5) is 0 Å². The highest BCUT2D eigenvalue weighted by atomic mass is 79.9. The lowest BCUT2D eigenvalue weighted by atomic mass is 9.86. The molecule has 18 heavy (non-hydrogen) atoms. The molecule has 0 nitrogen and oxygen atoms in total. The lowest BCUT2D eigenvalue weighted by Crippen LogP contribution is -2.10. The summed E-state index contributed by atoms with van der Waals surface area (Å²) in [7, 11) is 0. The molecular formula is C17H25Br. The maximum absolute atomic E-state index is 3.97. The highest BCUT2D eigenvalue weighted by molar-refractivity contribution is 9.09. The van der Waals surface area contributed by atoms with Gasteiger partial charge in [0.05, 0.1) is 0 Å². The fourth-order valence-corrected chi connectivity index (χ4v) is 3.80. The number of hydrogen-bond acceptors (Lipinski definition) is 0. The van der Waals surface area contributed by atoms with Gasteiger partial charge in [-0.25, -0.2) is 0 Å². The number of benzene rings is 1. The molecule has 0 N–H and O–H groups in total. The van der Waals surface area contributed by atoms with Crippen LogP contribution in [0, 0.1) is 19.8 Å². The van der Waals surface area contributed by atoms with E-state index in [0.717, 1.165) is 5.92 Å². The van der Waals surface area contributed by atoms with Crippen LogP contribution in [0.2, 0.25) is 0 Å². The Kier molecular flexibility index (Phi) is 5.29. The predicted molar refractivity (Wildman–Crippen MR) is 83.4 cm³/mol. The Hall–Kier alpha value is -0.300. The Morgan fingerprint density at radius 2 is 1.56 bits per heavy atom. The van der Waals surface area contributed by atoms with E-state index in [9.17, 15) is 0 Å². The third kappa shape index (κ3) is 3.60. The summed E-state index contributed by atoms with van der Waals surface area (Å²) >= 11 is 3.97. The first-order chi connectivity index (χ1) is 8.68. The van der Waals surface area contributed by atoms with Gasteiger partial charge in [-0.05, 0) is 49.3 Å². The average molecular weight is 309 g/mol. The summed E-state index contributed by atoms with van der Waals surface area (Å²) in [6.45, 7) is 4.41. The highest BCUT2D eigenvalue weighted by Crippen LogP contribution is 2.39. The normalized spacial score (nSPS) is 20.2. The average Bonchev–Trinajstić information content (AvgIpc) is 2.31. The van der Waals surface area contributed by atoms with Gasteiger partial charge in [0, 0.05) is 4.83 Å². The van der Waals surface area contributed by atoms with E-state index in [-0.39, 0.29) is 0 Å². The van der Waals surface area contributed by atoms with Crippen LogP contribution in [0.1, 0.15) is 66.5 Å². The van der Waals surface area contributed by atoms with Gasteiger partial charge in [0.1, 0.15) is 0 Å². The van der Waals surface area contributed by atoms with Crippen LogP contribution in [-0.2, 0) is 0 Å². The molecule has 100 valence electrons. The van der Waals surface area contributed by atoms with E-state index in [1.807, 2.05) is 0 Å². The monoisotopic (exact) mass is 308 g/mol. The van der Waals surface area contributed by atoms with Crippen molar-refractivity contribution in [2.45, 2.75) is 63.6 Å². The maximum atomic E-state index is 3.97. The van der Waals surface area contributed by atoms with Crippen LogP contribution in [0.25, 0.3) is 0 Å². The van der Waals surface area contributed by atoms with Crippen molar-refractivity contribution in [3.05, 3.63) is 34.9 Å². The summed E-state index contributed by atoms with van der Waals surface area (Å²) in [5.74, 6) is 0.826. The van der Waals surface area contributed by atoms with E-state index in [1.165, 1.54) is 61.6 Å². The van der Waals surface area contributed by atoms with Gasteiger partial charge >= 0.3 is 0 Å². The van der Waals surface area contributed by atoms with Gasteiger partial charge in [0.15, 0.2) is 0 Å². The Bertz CT molecular complexity index is 375. The molecule has 0 heterocycles. The molecule has 0 bridgehead atoms. The van der Waals surface area contributed by atoms with Gasteiger partial charge < -0.3 is 0 Å². The molecule has 1 atom stereocenters. The van der Waals surface area contributed by atoms with E-state index in [4.69, 9.17) is 0 Å². The summed E-state index contributed by atoms with van der Waals surface area (Å²) in [5, 5.41) is 0. The minimum atomic E-state index is 0.551. The summed E-state index contributed by atoms with van der Waals surface area (Å²) in [4.78, 5) is 0.551. The lowest BCUT2D eigenvalue weighted by molar-refractivity contribution is 0.374. The van der Waals surface area contributed by atoms with E-state index in [2.05, 4.69) is 48.0 Å². The molecule has 1 aliphatic carbocycles. The highest BCUT2D eigenvalue weighted by Gasteiger charge is 2.21. The van der Waals surface area contributed by atoms with Crippen LogP contribution >= 0.6 is 15.9 Å². The second-order valence-corrected chi connectivity index (χ2v) is 6.84. The molecule has 0 saturated heterocycles. The minimum Gasteiger partial charge on any atom is -0.0836 e. The molecule has 1 unspecified atom stereocenters. The Morgan fingerprint density at radius 1 is 0.944 bits per heavy atom. The summed E-state index contributed by atoms with van der Waals surface area (Å²) in [5.41, 5.74) is 4.29. The van der Waals surface area contributed by atoms with Crippen LogP contribution in [0.3, 0.4) is 0 Å². The first-order valence-electron chi connectivity index (χ1n) is 7.39. The second kappa shape index (κ2) is 6.75. The quantitative estimate of drug-likeness (QED) is 0.579. The number of alkyl halides is 1. The lowest BCUT2D eigenvalue weighted by Gasteiger charge is -2.25. The van der Waals surface area contributed by atoms with Crippen LogP contribution in [0.15, 0.2) is 18.2 Å². The summed E-state index contributed by atoms with van der Waals surface area (Å²) < 4.78 is 0. The molecule has 1 saturated carbocycles. The molecule has 1 aliphatic rings. The zero-order chi connectivity index (χ0) is 13.0. The van der Waals surface area contributed by atoms with Gasteiger partial charge in [0.2, 0.25) is 0 Å². The minimum absolute atomic E-state index is 0.551. The number of aryl methyl sites for hydroxylation is 2. The molecule has 0 radical (unpaired) electrons.